The first-order valence-corrected chi connectivity index (χ1v) is 5.51. The Labute approximate surface area is 108 Å². The second kappa shape index (κ2) is 6.53. The Morgan fingerprint density at radius 1 is 1.42 bits per heavy atom. The lowest BCUT2D eigenvalue weighted by Crippen LogP contribution is -2.24. The maximum atomic E-state index is 11.8. The van der Waals surface area contributed by atoms with E-state index in [0.717, 1.165) is 0 Å². The Balaban J connectivity index is 2.53. The summed E-state index contributed by atoms with van der Waals surface area (Å²) in [5, 5.41) is 11.9. The SMILES string of the molecule is CC(O)c1ccccc1NC(=O)COCC(F)(F)F. The van der Waals surface area contributed by atoms with E-state index in [2.05, 4.69) is 10.1 Å². The average molecular weight is 277 g/mol. The van der Waals surface area contributed by atoms with E-state index in [1.807, 2.05) is 0 Å². The third kappa shape index (κ3) is 5.71. The highest BCUT2D eigenvalue weighted by Gasteiger charge is 2.27. The van der Waals surface area contributed by atoms with Crippen LogP contribution in [0.15, 0.2) is 24.3 Å². The van der Waals surface area contributed by atoms with Gasteiger partial charge in [-0.1, -0.05) is 18.2 Å². The third-order valence-corrected chi connectivity index (χ3v) is 2.18. The van der Waals surface area contributed by atoms with Crippen LogP contribution in [0.3, 0.4) is 0 Å². The van der Waals surface area contributed by atoms with Gasteiger partial charge in [-0.15, -0.1) is 0 Å². The van der Waals surface area contributed by atoms with Gasteiger partial charge in [0.1, 0.15) is 13.2 Å². The summed E-state index contributed by atoms with van der Waals surface area (Å²) in [5.41, 5.74) is 0.824. The van der Waals surface area contributed by atoms with Crippen LogP contribution in [0.4, 0.5) is 18.9 Å². The van der Waals surface area contributed by atoms with Gasteiger partial charge in [-0.25, -0.2) is 0 Å². The lowest BCUT2D eigenvalue weighted by molar-refractivity contribution is -0.174. The Kier molecular flexibility index (Phi) is 5.31. The standard InChI is InChI=1S/C12H14F3NO3/c1-8(17)9-4-2-3-5-10(9)16-11(18)6-19-7-12(13,14)15/h2-5,8,17H,6-7H2,1H3,(H,16,18). The molecule has 0 aliphatic carbocycles. The van der Waals surface area contributed by atoms with E-state index in [-0.39, 0.29) is 0 Å². The van der Waals surface area contributed by atoms with Crippen molar-refractivity contribution in [3.8, 4) is 0 Å². The van der Waals surface area contributed by atoms with E-state index >= 15 is 0 Å². The molecule has 0 saturated carbocycles. The number of rotatable bonds is 5. The molecule has 0 fully saturated rings. The highest BCUT2D eigenvalue weighted by molar-refractivity contribution is 5.92. The number of carbonyl (C=O) groups is 1. The number of aliphatic hydroxyl groups is 1. The highest BCUT2D eigenvalue weighted by Crippen LogP contribution is 2.22. The zero-order valence-electron chi connectivity index (χ0n) is 10.2. The van der Waals surface area contributed by atoms with Crippen LogP contribution in [0.2, 0.25) is 0 Å². The first kappa shape index (κ1) is 15.5. The van der Waals surface area contributed by atoms with Crippen LogP contribution in [0.5, 0.6) is 0 Å². The van der Waals surface area contributed by atoms with E-state index < -0.39 is 31.4 Å². The number of anilines is 1. The number of amides is 1. The minimum Gasteiger partial charge on any atom is -0.389 e. The minimum absolute atomic E-state index is 0.345. The number of aliphatic hydroxyl groups excluding tert-OH is 1. The Hall–Kier alpha value is -1.60. The Morgan fingerprint density at radius 2 is 2.05 bits per heavy atom. The average Bonchev–Trinajstić information content (AvgIpc) is 2.27. The molecular formula is C12H14F3NO3. The number of halogens is 3. The zero-order chi connectivity index (χ0) is 14.5. The molecule has 0 saturated heterocycles. The summed E-state index contributed by atoms with van der Waals surface area (Å²) in [5.74, 6) is -0.711. The molecule has 0 bridgehead atoms. The fraction of sp³-hybridized carbons (Fsp3) is 0.417. The van der Waals surface area contributed by atoms with Gasteiger partial charge in [-0.2, -0.15) is 13.2 Å². The fourth-order valence-corrected chi connectivity index (χ4v) is 1.42. The molecular weight excluding hydrogens is 263 g/mol. The van der Waals surface area contributed by atoms with Crippen molar-refractivity contribution in [2.75, 3.05) is 18.5 Å². The first-order chi connectivity index (χ1) is 8.79. The molecule has 1 amide bonds. The summed E-state index contributed by atoms with van der Waals surface area (Å²) in [4.78, 5) is 11.4. The van der Waals surface area contributed by atoms with Gasteiger partial charge in [0.25, 0.3) is 0 Å². The number of ether oxygens (including phenoxy) is 1. The van der Waals surface area contributed by atoms with Crippen LogP contribution < -0.4 is 5.32 Å². The number of hydrogen-bond acceptors (Lipinski definition) is 3. The van der Waals surface area contributed by atoms with Crippen LogP contribution in [0.1, 0.15) is 18.6 Å². The molecule has 2 N–H and O–H groups in total. The molecule has 1 rings (SSSR count). The van der Waals surface area contributed by atoms with Crippen molar-refractivity contribution in [2.45, 2.75) is 19.2 Å². The van der Waals surface area contributed by atoms with Crippen LogP contribution >= 0.6 is 0 Å². The van der Waals surface area contributed by atoms with Crippen molar-refractivity contribution in [1.82, 2.24) is 0 Å². The molecule has 1 atom stereocenters. The molecule has 19 heavy (non-hydrogen) atoms. The second-order valence-corrected chi connectivity index (χ2v) is 3.92. The molecule has 7 heteroatoms. The Bertz CT molecular complexity index is 432. The normalized spacial score (nSPS) is 13.1. The van der Waals surface area contributed by atoms with Crippen molar-refractivity contribution in [1.29, 1.82) is 0 Å². The van der Waals surface area contributed by atoms with Crippen molar-refractivity contribution < 1.29 is 27.8 Å². The number of carbonyl (C=O) groups excluding carboxylic acids is 1. The van der Waals surface area contributed by atoms with Gasteiger partial charge in [0, 0.05) is 11.3 Å². The Morgan fingerprint density at radius 3 is 2.63 bits per heavy atom. The van der Waals surface area contributed by atoms with Gasteiger partial charge in [-0.05, 0) is 13.0 Å². The topological polar surface area (TPSA) is 58.6 Å². The van der Waals surface area contributed by atoms with Gasteiger partial charge in [-0.3, -0.25) is 4.79 Å². The largest absolute Gasteiger partial charge is 0.411 e. The lowest BCUT2D eigenvalue weighted by Gasteiger charge is -2.13. The second-order valence-electron chi connectivity index (χ2n) is 3.92. The molecule has 1 aromatic rings. The van der Waals surface area contributed by atoms with Crippen molar-refractivity contribution in [2.24, 2.45) is 0 Å². The number of nitrogens with one attached hydrogen (secondary N) is 1. The first-order valence-electron chi connectivity index (χ1n) is 5.51. The van der Waals surface area contributed by atoms with Gasteiger partial charge in [0.05, 0.1) is 6.10 Å². The summed E-state index contributed by atoms with van der Waals surface area (Å²) in [6, 6.07) is 6.47. The molecule has 0 aliphatic rings. The van der Waals surface area contributed by atoms with Gasteiger partial charge < -0.3 is 15.2 Å². The summed E-state index contributed by atoms with van der Waals surface area (Å²) in [6.45, 7) is -0.655. The number of alkyl halides is 3. The predicted molar refractivity (Wildman–Crippen MR) is 62.6 cm³/mol. The zero-order valence-corrected chi connectivity index (χ0v) is 10.2. The molecule has 106 valence electrons. The van der Waals surface area contributed by atoms with Crippen LogP contribution in [-0.2, 0) is 9.53 Å². The van der Waals surface area contributed by atoms with Gasteiger partial charge in [0.15, 0.2) is 0 Å². The molecule has 0 spiro atoms. The summed E-state index contributed by atoms with van der Waals surface area (Å²) in [6.07, 6.45) is -5.26. The number of benzene rings is 1. The number of hydrogen-bond donors (Lipinski definition) is 2. The van der Waals surface area contributed by atoms with Gasteiger partial charge in [0.2, 0.25) is 5.91 Å². The predicted octanol–water partition coefficient (Wildman–Crippen LogP) is 2.26. The molecule has 0 radical (unpaired) electrons. The van der Waals surface area contributed by atoms with E-state index in [9.17, 15) is 23.1 Å². The van der Waals surface area contributed by atoms with E-state index in [1.54, 1.807) is 24.3 Å². The summed E-state index contributed by atoms with van der Waals surface area (Å²) >= 11 is 0. The molecule has 1 unspecified atom stereocenters. The quantitative estimate of drug-likeness (QED) is 0.868. The third-order valence-electron chi connectivity index (χ3n) is 2.18. The maximum absolute atomic E-state index is 11.8. The van der Waals surface area contributed by atoms with Crippen molar-refractivity contribution >= 4 is 11.6 Å². The fourth-order valence-electron chi connectivity index (χ4n) is 1.42. The maximum Gasteiger partial charge on any atom is 0.411 e. The monoisotopic (exact) mass is 277 g/mol. The van der Waals surface area contributed by atoms with Gasteiger partial charge >= 0.3 is 6.18 Å². The molecule has 0 aliphatic heterocycles. The lowest BCUT2D eigenvalue weighted by atomic mass is 10.1. The summed E-state index contributed by atoms with van der Waals surface area (Å²) in [7, 11) is 0. The van der Waals surface area contributed by atoms with Crippen LogP contribution in [0.25, 0.3) is 0 Å². The van der Waals surface area contributed by atoms with Crippen LogP contribution in [-0.4, -0.2) is 30.4 Å². The minimum atomic E-state index is -4.46. The molecule has 0 heterocycles. The van der Waals surface area contributed by atoms with Crippen molar-refractivity contribution in [3.63, 3.8) is 0 Å². The van der Waals surface area contributed by atoms with E-state index in [4.69, 9.17) is 0 Å². The number of para-hydroxylation sites is 1. The summed E-state index contributed by atoms with van der Waals surface area (Å²) < 4.78 is 39.7. The van der Waals surface area contributed by atoms with Crippen LogP contribution in [0, 0.1) is 0 Å². The molecule has 4 nitrogen and oxygen atoms in total. The smallest absolute Gasteiger partial charge is 0.389 e. The van der Waals surface area contributed by atoms with E-state index in [1.165, 1.54) is 6.92 Å². The highest BCUT2D eigenvalue weighted by atomic mass is 19.4. The molecule has 1 aromatic carbocycles. The van der Waals surface area contributed by atoms with E-state index in [0.29, 0.717) is 11.3 Å². The van der Waals surface area contributed by atoms with Crippen molar-refractivity contribution in [3.05, 3.63) is 29.8 Å². The molecule has 0 aromatic heterocycles.